The number of urea groups is 1. The van der Waals surface area contributed by atoms with Crippen molar-refractivity contribution in [1.29, 1.82) is 0 Å². The second kappa shape index (κ2) is 9.40. The van der Waals surface area contributed by atoms with Gasteiger partial charge >= 0.3 is 18.0 Å². The van der Waals surface area contributed by atoms with Gasteiger partial charge in [-0.1, -0.05) is 60.7 Å². The number of carbonyl (C=O) groups excluding carboxylic acids is 3. The molecule has 166 valence electrons. The van der Waals surface area contributed by atoms with Crippen molar-refractivity contribution in [3.8, 4) is 5.75 Å². The summed E-state index contributed by atoms with van der Waals surface area (Å²) < 4.78 is 10.6. The Bertz CT molecular complexity index is 1290. The Morgan fingerprint density at radius 2 is 1.70 bits per heavy atom. The molecule has 1 atom stereocenters. The number of benzene rings is 3. The van der Waals surface area contributed by atoms with Gasteiger partial charge in [-0.15, -0.1) is 0 Å². The van der Waals surface area contributed by atoms with Crippen molar-refractivity contribution in [2.24, 2.45) is 0 Å². The standard InChI is InChI=1S/C26H22N2O5/c1-16-22(25(30)32-2)24(28-26(31)27-16)23-19-11-7-6-10-18(19)13-14-20(23)33-21(29)15-12-17-8-4-3-5-9-17/h3-15,24H,1-2H3,(H2,27,28,31). The van der Waals surface area contributed by atoms with Gasteiger partial charge in [-0.2, -0.15) is 0 Å². The van der Waals surface area contributed by atoms with Gasteiger partial charge in [-0.25, -0.2) is 14.4 Å². The molecule has 33 heavy (non-hydrogen) atoms. The third-order valence-corrected chi connectivity index (χ3v) is 5.32. The van der Waals surface area contributed by atoms with E-state index < -0.39 is 24.0 Å². The average Bonchev–Trinajstić information content (AvgIpc) is 2.82. The summed E-state index contributed by atoms with van der Waals surface area (Å²) in [5, 5.41) is 6.97. The number of amides is 2. The van der Waals surface area contributed by atoms with E-state index in [0.29, 0.717) is 11.3 Å². The van der Waals surface area contributed by atoms with Crippen molar-refractivity contribution in [1.82, 2.24) is 10.6 Å². The molecule has 0 radical (unpaired) electrons. The van der Waals surface area contributed by atoms with Crippen LogP contribution in [0.15, 0.2) is 84.1 Å². The van der Waals surface area contributed by atoms with Crippen LogP contribution in [0.1, 0.15) is 24.1 Å². The van der Waals surface area contributed by atoms with Gasteiger partial charge in [0.1, 0.15) is 5.75 Å². The fourth-order valence-electron chi connectivity index (χ4n) is 3.82. The van der Waals surface area contributed by atoms with Crippen LogP contribution in [0.2, 0.25) is 0 Å². The van der Waals surface area contributed by atoms with Gasteiger partial charge in [0, 0.05) is 17.3 Å². The molecule has 2 amide bonds. The highest BCUT2D eigenvalue weighted by molar-refractivity contribution is 5.98. The zero-order valence-electron chi connectivity index (χ0n) is 18.1. The zero-order valence-corrected chi connectivity index (χ0v) is 18.1. The maximum absolute atomic E-state index is 12.6. The molecular formula is C26H22N2O5. The van der Waals surface area contributed by atoms with Crippen LogP contribution in [-0.4, -0.2) is 25.1 Å². The lowest BCUT2D eigenvalue weighted by molar-refractivity contribution is -0.136. The molecule has 0 saturated carbocycles. The second-order valence-electron chi connectivity index (χ2n) is 7.43. The highest BCUT2D eigenvalue weighted by Gasteiger charge is 2.35. The highest BCUT2D eigenvalue weighted by Crippen LogP contribution is 2.38. The van der Waals surface area contributed by atoms with Gasteiger partial charge in [0.2, 0.25) is 0 Å². The summed E-state index contributed by atoms with van der Waals surface area (Å²) >= 11 is 0. The first-order valence-electron chi connectivity index (χ1n) is 10.3. The maximum atomic E-state index is 12.6. The normalized spacial score (nSPS) is 15.8. The van der Waals surface area contributed by atoms with Crippen LogP contribution in [0.5, 0.6) is 5.75 Å². The van der Waals surface area contributed by atoms with Crippen molar-refractivity contribution >= 4 is 34.8 Å². The lowest BCUT2D eigenvalue weighted by atomic mass is 9.90. The Kier molecular flexibility index (Phi) is 6.22. The summed E-state index contributed by atoms with van der Waals surface area (Å²) in [6.45, 7) is 1.62. The van der Waals surface area contributed by atoms with Gasteiger partial charge in [0.05, 0.1) is 18.7 Å². The molecule has 0 aliphatic carbocycles. The van der Waals surface area contributed by atoms with Crippen molar-refractivity contribution < 1.29 is 23.9 Å². The molecule has 0 aromatic heterocycles. The van der Waals surface area contributed by atoms with Crippen LogP contribution in [0.3, 0.4) is 0 Å². The lowest BCUT2D eigenvalue weighted by Crippen LogP contribution is -2.45. The third kappa shape index (κ3) is 4.62. The van der Waals surface area contributed by atoms with Crippen molar-refractivity contribution in [3.05, 3.63) is 95.2 Å². The van der Waals surface area contributed by atoms with Gasteiger partial charge in [-0.3, -0.25) is 0 Å². The molecule has 1 aliphatic heterocycles. The minimum atomic E-state index is -0.877. The molecule has 2 N–H and O–H groups in total. The number of rotatable bonds is 5. The minimum absolute atomic E-state index is 0.227. The molecule has 1 aliphatic rings. The Hall–Kier alpha value is -4.39. The average molecular weight is 442 g/mol. The first-order valence-corrected chi connectivity index (χ1v) is 10.3. The maximum Gasteiger partial charge on any atom is 0.337 e. The molecule has 0 spiro atoms. The van der Waals surface area contributed by atoms with E-state index in [1.807, 2.05) is 60.7 Å². The number of fused-ring (bicyclic) bond motifs is 1. The number of esters is 2. The summed E-state index contributed by atoms with van der Waals surface area (Å²) in [5.74, 6) is -0.951. The van der Waals surface area contributed by atoms with Crippen LogP contribution in [0.25, 0.3) is 16.8 Å². The number of methoxy groups -OCH3 is 1. The highest BCUT2D eigenvalue weighted by atomic mass is 16.5. The Labute approximate surface area is 190 Å². The van der Waals surface area contributed by atoms with Gasteiger partial charge in [-0.05, 0) is 35.4 Å². The minimum Gasteiger partial charge on any atom is -0.466 e. The summed E-state index contributed by atoms with van der Waals surface area (Å²) in [6.07, 6.45) is 2.98. The SMILES string of the molecule is COC(=O)C1=C(C)NC(=O)NC1c1c(OC(=O)C=Cc2ccccc2)ccc2ccccc12. The molecule has 0 fully saturated rings. The summed E-state index contributed by atoms with van der Waals surface area (Å²) in [5.41, 5.74) is 1.94. The van der Waals surface area contributed by atoms with Crippen LogP contribution >= 0.6 is 0 Å². The van der Waals surface area contributed by atoms with Crippen LogP contribution in [0, 0.1) is 0 Å². The van der Waals surface area contributed by atoms with E-state index in [-0.39, 0.29) is 11.3 Å². The van der Waals surface area contributed by atoms with E-state index >= 15 is 0 Å². The van der Waals surface area contributed by atoms with Crippen LogP contribution in [-0.2, 0) is 14.3 Å². The van der Waals surface area contributed by atoms with E-state index in [1.54, 1.807) is 19.1 Å². The number of nitrogens with one attached hydrogen (secondary N) is 2. The molecule has 0 bridgehead atoms. The van der Waals surface area contributed by atoms with E-state index in [0.717, 1.165) is 16.3 Å². The van der Waals surface area contributed by atoms with Crippen molar-refractivity contribution in [2.45, 2.75) is 13.0 Å². The number of allylic oxidation sites excluding steroid dienone is 1. The molecule has 3 aromatic rings. The molecule has 7 nitrogen and oxygen atoms in total. The molecule has 4 rings (SSSR count). The number of ether oxygens (including phenoxy) is 2. The molecule has 1 heterocycles. The lowest BCUT2D eigenvalue weighted by Gasteiger charge is -2.29. The summed E-state index contributed by atoms with van der Waals surface area (Å²) in [4.78, 5) is 37.6. The van der Waals surface area contributed by atoms with E-state index in [4.69, 9.17) is 9.47 Å². The van der Waals surface area contributed by atoms with E-state index in [2.05, 4.69) is 10.6 Å². The predicted molar refractivity (Wildman–Crippen MR) is 124 cm³/mol. The second-order valence-corrected chi connectivity index (χ2v) is 7.43. The van der Waals surface area contributed by atoms with Crippen molar-refractivity contribution in [3.63, 3.8) is 0 Å². The summed E-state index contributed by atoms with van der Waals surface area (Å²) in [6, 6.07) is 19.0. The first-order chi connectivity index (χ1) is 16.0. The van der Waals surface area contributed by atoms with Gasteiger partial charge in [0.15, 0.2) is 0 Å². The smallest absolute Gasteiger partial charge is 0.337 e. The fraction of sp³-hybridized carbons (Fsp3) is 0.115. The van der Waals surface area contributed by atoms with Gasteiger partial charge in [0.25, 0.3) is 0 Å². The van der Waals surface area contributed by atoms with Crippen molar-refractivity contribution in [2.75, 3.05) is 7.11 Å². The summed E-state index contributed by atoms with van der Waals surface area (Å²) in [7, 11) is 1.27. The van der Waals surface area contributed by atoms with Gasteiger partial charge < -0.3 is 20.1 Å². The van der Waals surface area contributed by atoms with Crippen LogP contribution in [0.4, 0.5) is 4.79 Å². The quantitative estimate of drug-likeness (QED) is 0.350. The topological polar surface area (TPSA) is 93.7 Å². The largest absolute Gasteiger partial charge is 0.466 e. The van der Waals surface area contributed by atoms with E-state index in [9.17, 15) is 14.4 Å². The first kappa shape index (κ1) is 21.8. The number of hydrogen-bond donors (Lipinski definition) is 2. The fourth-order valence-corrected chi connectivity index (χ4v) is 3.82. The molecule has 0 saturated heterocycles. The third-order valence-electron chi connectivity index (χ3n) is 5.32. The molecule has 1 unspecified atom stereocenters. The molecular weight excluding hydrogens is 420 g/mol. The Morgan fingerprint density at radius 1 is 0.970 bits per heavy atom. The molecule has 3 aromatic carbocycles. The Morgan fingerprint density at radius 3 is 2.45 bits per heavy atom. The Balaban J connectivity index is 1.80. The zero-order chi connectivity index (χ0) is 23.4. The predicted octanol–water partition coefficient (Wildman–Crippen LogP) is 4.26. The van der Waals surface area contributed by atoms with Crippen LogP contribution < -0.4 is 15.4 Å². The monoisotopic (exact) mass is 442 g/mol. The molecule has 7 heteroatoms. The number of carbonyl (C=O) groups is 3. The number of hydrogen-bond acceptors (Lipinski definition) is 5. The van der Waals surface area contributed by atoms with E-state index in [1.165, 1.54) is 13.2 Å².